The molecule has 0 N–H and O–H groups in total. The summed E-state index contributed by atoms with van der Waals surface area (Å²) >= 11 is 0. The Morgan fingerprint density at radius 1 is 0.667 bits per heavy atom. The van der Waals surface area contributed by atoms with Crippen molar-refractivity contribution in [2.75, 3.05) is 13.2 Å². The van der Waals surface area contributed by atoms with E-state index in [-0.39, 0.29) is 0 Å². The molecule has 18 heavy (non-hydrogen) atoms. The van der Waals surface area contributed by atoms with Gasteiger partial charge in [0.05, 0.1) is 0 Å². The zero-order valence-electron chi connectivity index (χ0n) is 13.2. The van der Waals surface area contributed by atoms with Crippen LogP contribution >= 0.6 is 0 Å². The van der Waals surface area contributed by atoms with Crippen LogP contribution in [0.25, 0.3) is 0 Å². The number of hydrogen-bond donors (Lipinski definition) is 0. The summed E-state index contributed by atoms with van der Waals surface area (Å²) in [5, 5.41) is 0. The molecule has 0 amide bonds. The Bertz CT molecular complexity index is 143. The average Bonchev–Trinajstić information content (AvgIpc) is 2.34. The predicted octanol–water partition coefficient (Wildman–Crippen LogP) is 5.97. The molecule has 1 nitrogen and oxygen atoms in total. The second kappa shape index (κ2) is 15.0. The minimum Gasteiger partial charge on any atom is -0.381 e. The topological polar surface area (TPSA) is 9.23 Å². The van der Waals surface area contributed by atoms with Gasteiger partial charge in [0.1, 0.15) is 0 Å². The standard InChI is InChI=1S/C17H36O/c1-4-15-18-16-13-11-9-7-5-6-8-10-12-14-17(2)3/h17H,4-16H2,1-3H3. The van der Waals surface area contributed by atoms with E-state index in [4.69, 9.17) is 4.74 Å². The molecule has 0 atom stereocenters. The highest BCUT2D eigenvalue weighted by Gasteiger charge is 1.95. The summed E-state index contributed by atoms with van der Waals surface area (Å²) in [4.78, 5) is 0. The molecule has 110 valence electrons. The summed E-state index contributed by atoms with van der Waals surface area (Å²) in [5.41, 5.74) is 0. The van der Waals surface area contributed by atoms with Crippen LogP contribution in [0, 0.1) is 5.92 Å². The molecule has 0 saturated heterocycles. The summed E-state index contributed by atoms with van der Waals surface area (Å²) < 4.78 is 5.47. The lowest BCUT2D eigenvalue weighted by Gasteiger charge is -2.05. The molecule has 0 aliphatic carbocycles. The van der Waals surface area contributed by atoms with E-state index in [2.05, 4.69) is 20.8 Å². The van der Waals surface area contributed by atoms with Crippen LogP contribution in [0.3, 0.4) is 0 Å². The van der Waals surface area contributed by atoms with Crippen molar-refractivity contribution in [3.05, 3.63) is 0 Å². The number of ether oxygens (including phenoxy) is 1. The van der Waals surface area contributed by atoms with Crippen molar-refractivity contribution >= 4 is 0 Å². The van der Waals surface area contributed by atoms with Gasteiger partial charge in [0.15, 0.2) is 0 Å². The SMILES string of the molecule is CCCOCCCCCCCCCCCC(C)C. The Kier molecular flexibility index (Phi) is 15.0. The Labute approximate surface area is 116 Å². The molecule has 0 aliphatic heterocycles. The molecule has 0 heterocycles. The third-order valence-corrected chi connectivity index (χ3v) is 3.42. The maximum atomic E-state index is 5.47. The molecule has 0 unspecified atom stereocenters. The molecule has 0 rings (SSSR count). The summed E-state index contributed by atoms with van der Waals surface area (Å²) in [6, 6.07) is 0. The molecule has 0 aromatic heterocycles. The van der Waals surface area contributed by atoms with Crippen molar-refractivity contribution in [2.24, 2.45) is 5.92 Å². The summed E-state index contributed by atoms with van der Waals surface area (Å²) in [6.07, 6.45) is 15.2. The molecule has 1 heteroatoms. The van der Waals surface area contributed by atoms with Crippen molar-refractivity contribution in [3.8, 4) is 0 Å². The van der Waals surface area contributed by atoms with Gasteiger partial charge in [-0.3, -0.25) is 0 Å². The van der Waals surface area contributed by atoms with Gasteiger partial charge in [-0.2, -0.15) is 0 Å². The van der Waals surface area contributed by atoms with E-state index >= 15 is 0 Å². The predicted molar refractivity (Wildman–Crippen MR) is 82.1 cm³/mol. The van der Waals surface area contributed by atoms with Crippen LogP contribution in [0.4, 0.5) is 0 Å². The van der Waals surface area contributed by atoms with E-state index in [1.807, 2.05) is 0 Å². The fourth-order valence-electron chi connectivity index (χ4n) is 2.24. The van der Waals surface area contributed by atoms with Crippen LogP contribution in [-0.2, 0) is 4.74 Å². The number of unbranched alkanes of at least 4 members (excludes halogenated alkanes) is 8. The van der Waals surface area contributed by atoms with Crippen molar-refractivity contribution in [2.45, 2.75) is 91.4 Å². The minimum atomic E-state index is 0.889. The van der Waals surface area contributed by atoms with Crippen molar-refractivity contribution < 1.29 is 4.74 Å². The number of rotatable bonds is 14. The summed E-state index contributed by atoms with van der Waals surface area (Å²) in [6.45, 7) is 8.73. The summed E-state index contributed by atoms with van der Waals surface area (Å²) in [7, 11) is 0. The third kappa shape index (κ3) is 16.0. The fraction of sp³-hybridized carbons (Fsp3) is 1.00. The normalized spacial score (nSPS) is 11.3. The second-order valence-electron chi connectivity index (χ2n) is 5.98. The van der Waals surface area contributed by atoms with Gasteiger partial charge in [0.25, 0.3) is 0 Å². The third-order valence-electron chi connectivity index (χ3n) is 3.42. The van der Waals surface area contributed by atoms with Gasteiger partial charge in [-0.1, -0.05) is 78.6 Å². The van der Waals surface area contributed by atoms with Gasteiger partial charge >= 0.3 is 0 Å². The highest BCUT2D eigenvalue weighted by Crippen LogP contribution is 2.12. The van der Waals surface area contributed by atoms with E-state index in [0.717, 1.165) is 25.6 Å². The molecule has 0 aromatic rings. The van der Waals surface area contributed by atoms with Crippen LogP contribution in [0.2, 0.25) is 0 Å². The molecule has 0 saturated carbocycles. The van der Waals surface area contributed by atoms with Crippen LogP contribution in [-0.4, -0.2) is 13.2 Å². The first-order valence-corrected chi connectivity index (χ1v) is 8.35. The maximum absolute atomic E-state index is 5.47. The first-order chi connectivity index (χ1) is 8.77. The van der Waals surface area contributed by atoms with Gasteiger partial charge < -0.3 is 4.74 Å². The highest BCUT2D eigenvalue weighted by molar-refractivity contribution is 4.49. The van der Waals surface area contributed by atoms with Gasteiger partial charge in [-0.05, 0) is 18.8 Å². The van der Waals surface area contributed by atoms with Crippen molar-refractivity contribution in [1.82, 2.24) is 0 Å². The van der Waals surface area contributed by atoms with E-state index in [9.17, 15) is 0 Å². The van der Waals surface area contributed by atoms with Crippen molar-refractivity contribution in [1.29, 1.82) is 0 Å². The van der Waals surface area contributed by atoms with Crippen LogP contribution < -0.4 is 0 Å². The van der Waals surface area contributed by atoms with Crippen molar-refractivity contribution in [3.63, 3.8) is 0 Å². The Hall–Kier alpha value is -0.0400. The molecular weight excluding hydrogens is 220 g/mol. The van der Waals surface area contributed by atoms with E-state index < -0.39 is 0 Å². The second-order valence-corrected chi connectivity index (χ2v) is 5.98. The minimum absolute atomic E-state index is 0.889. The van der Waals surface area contributed by atoms with Gasteiger partial charge in [0, 0.05) is 13.2 Å². The number of hydrogen-bond acceptors (Lipinski definition) is 1. The zero-order chi connectivity index (χ0) is 13.5. The fourth-order valence-corrected chi connectivity index (χ4v) is 2.24. The Morgan fingerprint density at radius 3 is 1.67 bits per heavy atom. The molecule has 0 bridgehead atoms. The molecule has 0 aromatic carbocycles. The summed E-state index contributed by atoms with van der Waals surface area (Å²) in [5.74, 6) is 0.889. The van der Waals surface area contributed by atoms with E-state index in [1.54, 1.807) is 0 Å². The molecule has 0 spiro atoms. The van der Waals surface area contributed by atoms with E-state index in [0.29, 0.717) is 0 Å². The van der Waals surface area contributed by atoms with Crippen LogP contribution in [0.1, 0.15) is 91.4 Å². The van der Waals surface area contributed by atoms with Crippen LogP contribution in [0.5, 0.6) is 0 Å². The zero-order valence-corrected chi connectivity index (χ0v) is 13.2. The lowest BCUT2D eigenvalue weighted by molar-refractivity contribution is 0.130. The monoisotopic (exact) mass is 256 g/mol. The first kappa shape index (κ1) is 18.0. The lowest BCUT2D eigenvalue weighted by atomic mass is 10.0. The Balaban J connectivity index is 2.90. The highest BCUT2D eigenvalue weighted by atomic mass is 16.5. The quantitative estimate of drug-likeness (QED) is 0.348. The van der Waals surface area contributed by atoms with E-state index in [1.165, 1.54) is 64.2 Å². The first-order valence-electron chi connectivity index (χ1n) is 8.35. The van der Waals surface area contributed by atoms with Gasteiger partial charge in [0.2, 0.25) is 0 Å². The maximum Gasteiger partial charge on any atom is 0.0466 e. The largest absolute Gasteiger partial charge is 0.381 e. The molecular formula is C17H36O. The van der Waals surface area contributed by atoms with Crippen LogP contribution in [0.15, 0.2) is 0 Å². The Morgan fingerprint density at radius 2 is 1.17 bits per heavy atom. The molecule has 0 fully saturated rings. The molecule has 0 radical (unpaired) electrons. The molecule has 0 aliphatic rings. The lowest BCUT2D eigenvalue weighted by Crippen LogP contribution is -1.95. The smallest absolute Gasteiger partial charge is 0.0466 e. The average molecular weight is 256 g/mol. The van der Waals surface area contributed by atoms with Gasteiger partial charge in [-0.25, -0.2) is 0 Å². The van der Waals surface area contributed by atoms with Gasteiger partial charge in [-0.15, -0.1) is 0 Å².